The second-order valence-corrected chi connectivity index (χ2v) is 5.34. The average molecular weight is 351 g/mol. The van der Waals surface area contributed by atoms with Crippen LogP contribution >= 0.6 is 0 Å². The second-order valence-electron chi connectivity index (χ2n) is 5.34. The fraction of sp³-hybridized carbons (Fsp3) is 0.158. The van der Waals surface area contributed by atoms with Crippen LogP contribution in [-0.2, 0) is 9.53 Å². The van der Waals surface area contributed by atoms with E-state index in [0.29, 0.717) is 11.1 Å². The quantitative estimate of drug-likeness (QED) is 0.686. The largest absolute Gasteiger partial charge is 0.464 e. The van der Waals surface area contributed by atoms with Gasteiger partial charge in [0.05, 0.1) is 6.61 Å². The predicted molar refractivity (Wildman–Crippen MR) is 93.0 cm³/mol. The van der Waals surface area contributed by atoms with Crippen molar-refractivity contribution in [3.05, 3.63) is 72.1 Å². The molecule has 132 valence electrons. The summed E-state index contributed by atoms with van der Waals surface area (Å²) < 4.78 is 10.6. The predicted octanol–water partition coefficient (Wildman–Crippen LogP) is 2.77. The van der Waals surface area contributed by atoms with Gasteiger partial charge in [0, 0.05) is 11.1 Å². The number of carbonyl (C=O) groups excluding carboxylic acids is 2. The molecule has 0 aliphatic rings. The van der Waals surface area contributed by atoms with Crippen molar-refractivity contribution in [3.63, 3.8) is 0 Å². The average Bonchev–Trinajstić information content (AvgIpc) is 3.17. The number of benzene rings is 2. The topological polar surface area (TPSA) is 94.3 Å². The molecule has 0 aliphatic carbocycles. The number of hydrogen-bond acceptors (Lipinski definition) is 6. The molecule has 3 rings (SSSR count). The number of aromatic nitrogens is 2. The third-order valence-corrected chi connectivity index (χ3v) is 3.54. The van der Waals surface area contributed by atoms with Crippen LogP contribution in [0.4, 0.5) is 0 Å². The number of ether oxygens (including phenoxy) is 1. The van der Waals surface area contributed by atoms with Crippen LogP contribution in [0.3, 0.4) is 0 Å². The molecule has 1 atom stereocenters. The molecule has 3 aromatic rings. The number of carbonyl (C=O) groups is 2. The van der Waals surface area contributed by atoms with Crippen LogP contribution in [0.2, 0.25) is 0 Å². The minimum atomic E-state index is -1.19. The first-order valence-electron chi connectivity index (χ1n) is 8.10. The van der Waals surface area contributed by atoms with Gasteiger partial charge in [0.25, 0.3) is 11.8 Å². The lowest BCUT2D eigenvalue weighted by Gasteiger charge is -2.13. The zero-order valence-electron chi connectivity index (χ0n) is 14.1. The highest BCUT2D eigenvalue weighted by Gasteiger charge is 2.30. The highest BCUT2D eigenvalue weighted by molar-refractivity contribution is 5.96. The summed E-state index contributed by atoms with van der Waals surface area (Å²) in [5.41, 5.74) is 1.12. The molecule has 0 bridgehead atoms. The molecule has 2 aromatic carbocycles. The van der Waals surface area contributed by atoms with E-state index in [2.05, 4.69) is 15.5 Å². The van der Waals surface area contributed by atoms with Gasteiger partial charge in [-0.15, -0.1) is 10.2 Å². The molecule has 1 heterocycles. The number of esters is 1. The molecule has 7 nitrogen and oxygen atoms in total. The smallest absolute Gasteiger partial charge is 0.338 e. The van der Waals surface area contributed by atoms with Crippen LogP contribution in [0.15, 0.2) is 65.1 Å². The summed E-state index contributed by atoms with van der Waals surface area (Å²) in [4.78, 5) is 24.7. The van der Waals surface area contributed by atoms with Gasteiger partial charge in [0.2, 0.25) is 11.9 Å². The number of nitrogens with one attached hydrogen (secondary N) is 1. The molecular weight excluding hydrogens is 334 g/mol. The Morgan fingerprint density at radius 2 is 1.69 bits per heavy atom. The van der Waals surface area contributed by atoms with Crippen LogP contribution in [-0.4, -0.2) is 28.7 Å². The Balaban J connectivity index is 1.86. The standard InChI is InChI=1S/C19H17N3O4/c1-2-25-19(24)15(20-16(23)13-9-5-3-6-10-13)18-22-21-17(26-18)14-11-7-4-8-12-14/h3-12,15H,2H2,1H3,(H,20,23)/t15-/m0/s1. The Hall–Kier alpha value is -3.48. The molecule has 0 unspecified atom stereocenters. The molecule has 1 amide bonds. The van der Waals surface area contributed by atoms with E-state index in [1.54, 1.807) is 49.4 Å². The summed E-state index contributed by atoms with van der Waals surface area (Å²) >= 11 is 0. The summed E-state index contributed by atoms with van der Waals surface area (Å²) in [6.45, 7) is 1.84. The molecule has 0 saturated carbocycles. The van der Waals surface area contributed by atoms with Crippen molar-refractivity contribution in [1.82, 2.24) is 15.5 Å². The van der Waals surface area contributed by atoms with Gasteiger partial charge in [0.1, 0.15) is 0 Å². The van der Waals surface area contributed by atoms with E-state index in [9.17, 15) is 9.59 Å². The zero-order chi connectivity index (χ0) is 18.4. The summed E-state index contributed by atoms with van der Waals surface area (Å²) in [5.74, 6) is -0.890. The summed E-state index contributed by atoms with van der Waals surface area (Å²) in [6.07, 6.45) is 0. The van der Waals surface area contributed by atoms with Crippen molar-refractivity contribution in [2.75, 3.05) is 6.61 Å². The van der Waals surface area contributed by atoms with Gasteiger partial charge in [-0.1, -0.05) is 36.4 Å². The summed E-state index contributed by atoms with van der Waals surface area (Å²) in [6, 6.07) is 16.5. The van der Waals surface area contributed by atoms with E-state index < -0.39 is 17.9 Å². The van der Waals surface area contributed by atoms with Gasteiger partial charge in [-0.3, -0.25) is 4.79 Å². The van der Waals surface area contributed by atoms with Crippen LogP contribution in [0.5, 0.6) is 0 Å². The molecule has 0 aliphatic heterocycles. The highest BCUT2D eigenvalue weighted by Crippen LogP contribution is 2.21. The third-order valence-electron chi connectivity index (χ3n) is 3.54. The summed E-state index contributed by atoms with van der Waals surface area (Å²) in [5, 5.41) is 10.5. The van der Waals surface area contributed by atoms with E-state index >= 15 is 0 Å². The van der Waals surface area contributed by atoms with E-state index in [0.717, 1.165) is 0 Å². The minimum Gasteiger partial charge on any atom is -0.464 e. The lowest BCUT2D eigenvalue weighted by atomic mass is 10.2. The van der Waals surface area contributed by atoms with E-state index in [-0.39, 0.29) is 18.4 Å². The molecule has 0 fully saturated rings. The van der Waals surface area contributed by atoms with Gasteiger partial charge in [-0.05, 0) is 31.2 Å². The van der Waals surface area contributed by atoms with Gasteiger partial charge in [0.15, 0.2) is 0 Å². The first kappa shape index (κ1) is 17.3. The van der Waals surface area contributed by atoms with E-state index in [1.807, 2.05) is 18.2 Å². The molecular formula is C19H17N3O4. The molecule has 7 heteroatoms. The van der Waals surface area contributed by atoms with Gasteiger partial charge >= 0.3 is 5.97 Å². The monoisotopic (exact) mass is 351 g/mol. The van der Waals surface area contributed by atoms with Crippen molar-refractivity contribution in [2.24, 2.45) is 0 Å². The van der Waals surface area contributed by atoms with Crippen molar-refractivity contribution in [3.8, 4) is 11.5 Å². The maximum Gasteiger partial charge on any atom is 0.338 e. The second kappa shape index (κ2) is 8.06. The lowest BCUT2D eigenvalue weighted by Crippen LogP contribution is -2.35. The SMILES string of the molecule is CCOC(=O)[C@@H](NC(=O)c1ccccc1)c1nnc(-c2ccccc2)o1. The Kier molecular flexibility index (Phi) is 5.38. The Morgan fingerprint density at radius 1 is 1.04 bits per heavy atom. The van der Waals surface area contributed by atoms with Crippen molar-refractivity contribution >= 4 is 11.9 Å². The van der Waals surface area contributed by atoms with Crippen molar-refractivity contribution in [1.29, 1.82) is 0 Å². The minimum absolute atomic E-state index is 0.0356. The molecule has 1 aromatic heterocycles. The molecule has 0 saturated heterocycles. The molecule has 0 spiro atoms. The van der Waals surface area contributed by atoms with E-state index in [1.165, 1.54) is 0 Å². The van der Waals surface area contributed by atoms with Gasteiger partial charge in [-0.25, -0.2) is 4.79 Å². The zero-order valence-corrected chi connectivity index (χ0v) is 14.1. The first-order valence-corrected chi connectivity index (χ1v) is 8.10. The van der Waals surface area contributed by atoms with Crippen LogP contribution < -0.4 is 5.32 Å². The molecule has 1 N–H and O–H groups in total. The highest BCUT2D eigenvalue weighted by atomic mass is 16.5. The number of nitrogens with zero attached hydrogens (tertiary/aromatic N) is 2. The number of rotatable bonds is 6. The Labute approximate surface area is 150 Å². The normalized spacial score (nSPS) is 11.6. The first-order chi connectivity index (χ1) is 12.7. The number of hydrogen-bond donors (Lipinski definition) is 1. The van der Waals surface area contributed by atoms with Crippen LogP contribution in [0, 0.1) is 0 Å². The maximum atomic E-state index is 12.4. The molecule has 26 heavy (non-hydrogen) atoms. The Bertz CT molecular complexity index is 878. The van der Waals surface area contributed by atoms with Crippen molar-refractivity contribution < 1.29 is 18.7 Å². The fourth-order valence-electron chi connectivity index (χ4n) is 2.30. The van der Waals surface area contributed by atoms with Gasteiger partial charge < -0.3 is 14.5 Å². The fourth-order valence-corrected chi connectivity index (χ4v) is 2.30. The van der Waals surface area contributed by atoms with Gasteiger partial charge in [-0.2, -0.15) is 0 Å². The molecule has 0 radical (unpaired) electrons. The Morgan fingerprint density at radius 3 is 2.35 bits per heavy atom. The van der Waals surface area contributed by atoms with Crippen LogP contribution in [0.1, 0.15) is 29.2 Å². The lowest BCUT2D eigenvalue weighted by molar-refractivity contribution is -0.146. The number of amides is 1. The third kappa shape index (κ3) is 3.94. The maximum absolute atomic E-state index is 12.4. The van der Waals surface area contributed by atoms with Crippen molar-refractivity contribution in [2.45, 2.75) is 13.0 Å². The van der Waals surface area contributed by atoms with E-state index in [4.69, 9.17) is 9.15 Å². The summed E-state index contributed by atoms with van der Waals surface area (Å²) in [7, 11) is 0. The van der Waals surface area contributed by atoms with Crippen LogP contribution in [0.25, 0.3) is 11.5 Å².